The Balaban J connectivity index is 2.55. The lowest BCUT2D eigenvalue weighted by Crippen LogP contribution is -1.76. The molecule has 2 aromatic rings. The molecular formula is C10H10NP. The van der Waals surface area contributed by atoms with Gasteiger partial charge >= 0.3 is 0 Å². The zero-order valence-electron chi connectivity index (χ0n) is 6.91. The monoisotopic (exact) mass is 175 g/mol. The quantitative estimate of drug-likeness (QED) is 0.681. The van der Waals surface area contributed by atoms with Crippen molar-refractivity contribution in [3.05, 3.63) is 42.1 Å². The topological polar surface area (TPSA) is 15.8 Å². The molecule has 0 atom stereocenters. The first-order chi connectivity index (χ1) is 5.88. The minimum atomic E-state index is 1.20. The van der Waals surface area contributed by atoms with Crippen LogP contribution in [0.3, 0.4) is 0 Å². The lowest BCUT2D eigenvalue weighted by molar-refractivity contribution is 1.48. The van der Waals surface area contributed by atoms with Crippen molar-refractivity contribution >= 4 is 8.35 Å². The van der Waals surface area contributed by atoms with Gasteiger partial charge in [-0.1, -0.05) is 24.3 Å². The molecule has 0 fully saturated rings. The molecule has 2 rings (SSSR count). The minimum Gasteiger partial charge on any atom is -0.344 e. The van der Waals surface area contributed by atoms with Crippen molar-refractivity contribution in [1.82, 2.24) is 4.75 Å². The molecule has 60 valence electrons. The lowest BCUT2D eigenvalue weighted by Gasteiger charge is -2.00. The SMILES string of the molecule is Cc1ccccc1-c1cc[nH]p1. The molecule has 0 spiro atoms. The van der Waals surface area contributed by atoms with Crippen LogP contribution in [-0.2, 0) is 0 Å². The maximum atomic E-state index is 3.15. The molecule has 0 aliphatic heterocycles. The fraction of sp³-hybridized carbons (Fsp3) is 0.100. The Kier molecular flexibility index (Phi) is 1.97. The molecule has 0 bridgehead atoms. The molecule has 0 amide bonds. The minimum absolute atomic E-state index is 1.20. The predicted molar refractivity (Wildman–Crippen MR) is 53.5 cm³/mol. The second-order valence-corrected chi connectivity index (χ2v) is 3.74. The second kappa shape index (κ2) is 3.12. The van der Waals surface area contributed by atoms with Crippen LogP contribution in [0.1, 0.15) is 5.56 Å². The summed E-state index contributed by atoms with van der Waals surface area (Å²) in [7, 11) is 1.20. The summed E-state index contributed by atoms with van der Waals surface area (Å²) in [5.41, 5.74) is 2.69. The van der Waals surface area contributed by atoms with Gasteiger partial charge in [0.25, 0.3) is 0 Å². The number of aryl methyl sites for hydroxylation is 1. The Labute approximate surface area is 73.6 Å². The third kappa shape index (κ3) is 1.28. The highest BCUT2D eigenvalue weighted by molar-refractivity contribution is 7.29. The van der Waals surface area contributed by atoms with E-state index in [0.29, 0.717) is 0 Å². The predicted octanol–water partition coefficient (Wildman–Crippen LogP) is 3.57. The number of hydrogen-bond acceptors (Lipinski definition) is 0. The van der Waals surface area contributed by atoms with Gasteiger partial charge in [0.15, 0.2) is 0 Å². The highest BCUT2D eigenvalue weighted by Gasteiger charge is 1.99. The van der Waals surface area contributed by atoms with E-state index < -0.39 is 0 Å². The Bertz CT molecular complexity index is 365. The molecule has 0 aliphatic rings. The van der Waals surface area contributed by atoms with E-state index in [1.54, 1.807) is 0 Å². The average molecular weight is 175 g/mol. The molecule has 0 unspecified atom stereocenters. The number of hydrogen-bond donors (Lipinski definition) is 1. The summed E-state index contributed by atoms with van der Waals surface area (Å²) >= 11 is 0. The molecule has 0 saturated carbocycles. The van der Waals surface area contributed by atoms with Gasteiger partial charge in [-0.2, -0.15) is 0 Å². The van der Waals surface area contributed by atoms with E-state index in [9.17, 15) is 0 Å². The van der Waals surface area contributed by atoms with E-state index in [1.165, 1.54) is 24.8 Å². The third-order valence-corrected chi connectivity index (χ3v) is 2.83. The number of rotatable bonds is 1. The van der Waals surface area contributed by atoms with Gasteiger partial charge < -0.3 is 4.75 Å². The zero-order valence-corrected chi connectivity index (χ0v) is 7.81. The highest BCUT2D eigenvalue weighted by Crippen LogP contribution is 2.28. The Hall–Kier alpha value is -1.07. The van der Waals surface area contributed by atoms with E-state index in [0.717, 1.165) is 0 Å². The van der Waals surface area contributed by atoms with Gasteiger partial charge in [-0.3, -0.25) is 0 Å². The molecule has 2 heteroatoms. The van der Waals surface area contributed by atoms with Crippen LogP contribution in [0.2, 0.25) is 0 Å². The summed E-state index contributed by atoms with van der Waals surface area (Å²) in [5.74, 6) is 0. The van der Waals surface area contributed by atoms with Gasteiger partial charge in [0.05, 0.1) is 0 Å². The van der Waals surface area contributed by atoms with E-state index in [1.807, 2.05) is 6.20 Å². The Morgan fingerprint density at radius 1 is 1.17 bits per heavy atom. The zero-order chi connectivity index (χ0) is 8.39. The summed E-state index contributed by atoms with van der Waals surface area (Å²) < 4.78 is 3.15. The number of benzene rings is 1. The van der Waals surface area contributed by atoms with Gasteiger partial charge in [0, 0.05) is 19.8 Å². The summed E-state index contributed by atoms with van der Waals surface area (Å²) in [4.78, 5) is 0. The van der Waals surface area contributed by atoms with Gasteiger partial charge in [-0.15, -0.1) is 0 Å². The van der Waals surface area contributed by atoms with Crippen molar-refractivity contribution in [3.8, 4) is 10.9 Å². The van der Waals surface area contributed by atoms with Crippen molar-refractivity contribution in [1.29, 1.82) is 0 Å². The maximum absolute atomic E-state index is 3.15. The summed E-state index contributed by atoms with van der Waals surface area (Å²) in [6.07, 6.45) is 1.99. The molecule has 1 aromatic heterocycles. The summed E-state index contributed by atoms with van der Waals surface area (Å²) in [5, 5.41) is 1.35. The number of aromatic nitrogens is 1. The van der Waals surface area contributed by atoms with Crippen LogP contribution in [-0.4, -0.2) is 4.75 Å². The van der Waals surface area contributed by atoms with Crippen LogP contribution >= 0.6 is 8.35 Å². The van der Waals surface area contributed by atoms with Gasteiger partial charge in [0.2, 0.25) is 0 Å². The summed E-state index contributed by atoms with van der Waals surface area (Å²) in [6.45, 7) is 2.14. The molecule has 1 N–H and O–H groups in total. The number of H-pyrrole nitrogens is 1. The van der Waals surface area contributed by atoms with Gasteiger partial charge in [-0.25, -0.2) is 0 Å². The van der Waals surface area contributed by atoms with Crippen molar-refractivity contribution in [2.24, 2.45) is 0 Å². The first-order valence-corrected chi connectivity index (χ1v) is 4.83. The number of aromatic amines is 1. The molecule has 0 radical (unpaired) electrons. The van der Waals surface area contributed by atoms with Crippen LogP contribution in [0.5, 0.6) is 0 Å². The summed E-state index contributed by atoms with van der Waals surface area (Å²) in [6, 6.07) is 10.6. The van der Waals surface area contributed by atoms with Crippen LogP contribution in [0, 0.1) is 6.92 Å². The van der Waals surface area contributed by atoms with Crippen molar-refractivity contribution < 1.29 is 0 Å². The molecule has 0 saturated heterocycles. The maximum Gasteiger partial charge on any atom is 0.0276 e. The Morgan fingerprint density at radius 3 is 2.67 bits per heavy atom. The first-order valence-electron chi connectivity index (χ1n) is 3.94. The van der Waals surface area contributed by atoms with Crippen LogP contribution < -0.4 is 0 Å². The smallest absolute Gasteiger partial charge is 0.0276 e. The van der Waals surface area contributed by atoms with E-state index in [4.69, 9.17) is 0 Å². The fourth-order valence-electron chi connectivity index (χ4n) is 1.27. The number of nitrogens with one attached hydrogen (secondary N) is 1. The standard InChI is InChI=1S/C10H10NP/c1-8-4-2-3-5-9(8)10-6-7-11-12-10/h2-7,11H,1H3. The molecule has 0 aliphatic carbocycles. The van der Waals surface area contributed by atoms with E-state index in [2.05, 4.69) is 42.0 Å². The fourth-order valence-corrected chi connectivity index (χ4v) is 2.08. The van der Waals surface area contributed by atoms with Gasteiger partial charge in [-0.05, 0) is 24.1 Å². The van der Waals surface area contributed by atoms with Crippen LogP contribution in [0.25, 0.3) is 10.9 Å². The van der Waals surface area contributed by atoms with Crippen molar-refractivity contribution in [3.63, 3.8) is 0 Å². The highest BCUT2D eigenvalue weighted by atomic mass is 31.0. The molecule has 1 heterocycles. The van der Waals surface area contributed by atoms with Crippen LogP contribution in [0.4, 0.5) is 0 Å². The normalized spacial score (nSPS) is 10.8. The molecule has 1 aromatic carbocycles. The van der Waals surface area contributed by atoms with E-state index >= 15 is 0 Å². The van der Waals surface area contributed by atoms with Crippen molar-refractivity contribution in [2.75, 3.05) is 0 Å². The van der Waals surface area contributed by atoms with Gasteiger partial charge in [0.1, 0.15) is 0 Å². The molecule has 1 nitrogen and oxygen atoms in total. The average Bonchev–Trinajstić information content (AvgIpc) is 2.57. The molecular weight excluding hydrogens is 165 g/mol. The first kappa shape index (κ1) is 7.57. The van der Waals surface area contributed by atoms with Crippen LogP contribution in [0.15, 0.2) is 36.5 Å². The molecule has 12 heavy (non-hydrogen) atoms. The lowest BCUT2D eigenvalue weighted by atomic mass is 10.1. The third-order valence-electron chi connectivity index (χ3n) is 1.92. The van der Waals surface area contributed by atoms with Crippen molar-refractivity contribution in [2.45, 2.75) is 6.92 Å². The Morgan fingerprint density at radius 2 is 2.00 bits per heavy atom. The second-order valence-electron chi connectivity index (χ2n) is 2.77. The largest absolute Gasteiger partial charge is 0.344 e. The van der Waals surface area contributed by atoms with E-state index in [-0.39, 0.29) is 0 Å².